The van der Waals surface area contributed by atoms with Gasteiger partial charge in [0.25, 0.3) is 13.9 Å². The highest BCUT2D eigenvalue weighted by molar-refractivity contribution is 6.99. The van der Waals surface area contributed by atoms with E-state index in [1.165, 1.54) is 7.05 Å². The molecule has 1 aromatic heterocycles. The summed E-state index contributed by atoms with van der Waals surface area (Å²) in [5, 5.41) is 12.6. The second-order valence-electron chi connectivity index (χ2n) is 10.2. The first kappa shape index (κ1) is 27.1. The smallest absolute Gasteiger partial charge is 0.326 e. The van der Waals surface area contributed by atoms with E-state index in [0.29, 0.717) is 5.06 Å². The van der Waals surface area contributed by atoms with Crippen LogP contribution in [0.25, 0.3) is 0 Å². The number of benzene rings is 2. The van der Waals surface area contributed by atoms with E-state index in [1.807, 2.05) is 60.7 Å². The average Bonchev–Trinajstić information content (AvgIpc) is 3.18. The summed E-state index contributed by atoms with van der Waals surface area (Å²) < 4.78 is 42.9. The Bertz CT molecular complexity index is 1290. The molecule has 0 unspecified atom stereocenters. The highest BCUT2D eigenvalue weighted by Crippen LogP contribution is 2.40. The minimum absolute atomic E-state index is 0.130. The fraction of sp³-hybridized carbons (Fsp3) is 0.385. The van der Waals surface area contributed by atoms with Gasteiger partial charge in [-0.3, -0.25) is 9.78 Å². The van der Waals surface area contributed by atoms with Crippen molar-refractivity contribution in [3.8, 4) is 0 Å². The van der Waals surface area contributed by atoms with E-state index in [-0.39, 0.29) is 11.6 Å². The van der Waals surface area contributed by atoms with Crippen LogP contribution < -0.4 is 21.6 Å². The van der Waals surface area contributed by atoms with Crippen LogP contribution in [0.3, 0.4) is 0 Å². The van der Waals surface area contributed by atoms with Crippen molar-refractivity contribution >= 4 is 18.7 Å². The van der Waals surface area contributed by atoms with Gasteiger partial charge in [-0.1, -0.05) is 81.4 Å². The number of halogens is 2. The molecular weight excluding hydrogens is 500 g/mol. The number of hydroxylamine groups is 2. The van der Waals surface area contributed by atoms with Crippen LogP contribution in [0, 0.1) is 5.82 Å². The van der Waals surface area contributed by atoms with Gasteiger partial charge in [-0.15, -0.1) is 0 Å². The number of nitrogens with zero attached hydrogens (tertiary/aromatic N) is 1. The standard InChI is InChI=1S/C26H31F2N3O5Si/c1-26(2,3)37(16-11-7-5-8-12-16,17-13-9-6-10-14-17)35-15-18-22(31(4)34)20(28)23(36-18)21-19(27)24(32)30-25(33)29-21/h5-14,18,20,22-23,34H,15H2,1-4H3,(H2,29,30,32,33)/t18-,20+,22-,23-/m1/s1. The minimum Gasteiger partial charge on any atom is -0.405 e. The molecule has 0 spiro atoms. The van der Waals surface area contributed by atoms with Gasteiger partial charge in [0.15, 0.2) is 6.17 Å². The van der Waals surface area contributed by atoms with Gasteiger partial charge < -0.3 is 19.4 Å². The maximum atomic E-state index is 15.6. The van der Waals surface area contributed by atoms with Gasteiger partial charge in [0.05, 0.1) is 18.3 Å². The number of alkyl halides is 1. The van der Waals surface area contributed by atoms with Crippen LogP contribution in [0.2, 0.25) is 5.04 Å². The molecule has 0 saturated carbocycles. The van der Waals surface area contributed by atoms with Crippen LogP contribution in [-0.4, -0.2) is 60.5 Å². The lowest BCUT2D eigenvalue weighted by atomic mass is 10.0. The maximum Gasteiger partial charge on any atom is 0.326 e. The van der Waals surface area contributed by atoms with E-state index in [0.717, 1.165) is 10.4 Å². The molecule has 1 saturated heterocycles. The van der Waals surface area contributed by atoms with E-state index in [2.05, 4.69) is 25.8 Å². The third-order valence-corrected chi connectivity index (χ3v) is 11.8. The van der Waals surface area contributed by atoms with Gasteiger partial charge >= 0.3 is 5.69 Å². The number of nitrogens with one attached hydrogen (secondary N) is 2. The summed E-state index contributed by atoms with van der Waals surface area (Å²) >= 11 is 0. The minimum atomic E-state index is -3.02. The second-order valence-corrected chi connectivity index (χ2v) is 14.5. The lowest BCUT2D eigenvalue weighted by molar-refractivity contribution is -0.133. The average molecular weight is 532 g/mol. The van der Waals surface area contributed by atoms with Gasteiger partial charge in [-0.25, -0.2) is 9.18 Å². The molecule has 1 fully saturated rings. The predicted molar refractivity (Wildman–Crippen MR) is 137 cm³/mol. The first-order valence-corrected chi connectivity index (χ1v) is 13.9. The zero-order valence-corrected chi connectivity index (χ0v) is 22.1. The molecule has 0 aliphatic carbocycles. The number of ether oxygens (including phenoxy) is 1. The molecule has 8 nitrogen and oxygen atoms in total. The van der Waals surface area contributed by atoms with Crippen molar-refractivity contribution < 1.29 is 23.2 Å². The fourth-order valence-corrected chi connectivity index (χ4v) is 9.76. The van der Waals surface area contributed by atoms with E-state index < -0.39 is 55.5 Å². The molecule has 0 radical (unpaired) electrons. The largest absolute Gasteiger partial charge is 0.405 e. The highest BCUT2D eigenvalue weighted by atomic mass is 28.4. The van der Waals surface area contributed by atoms with Gasteiger partial charge in [0, 0.05) is 7.05 Å². The van der Waals surface area contributed by atoms with Crippen molar-refractivity contribution in [2.24, 2.45) is 0 Å². The lowest BCUT2D eigenvalue weighted by Crippen LogP contribution is -2.67. The topological polar surface area (TPSA) is 108 Å². The molecule has 0 bridgehead atoms. The molecule has 1 aliphatic heterocycles. The Hall–Kier alpha value is -2.96. The van der Waals surface area contributed by atoms with Crippen molar-refractivity contribution in [2.75, 3.05) is 13.7 Å². The molecule has 2 heterocycles. The van der Waals surface area contributed by atoms with E-state index in [9.17, 15) is 19.2 Å². The number of aromatic amines is 2. The molecule has 1 aliphatic rings. The number of rotatable bonds is 7. The van der Waals surface area contributed by atoms with E-state index in [4.69, 9.17) is 9.16 Å². The Balaban J connectivity index is 1.75. The number of likely N-dealkylation sites (N-methyl/N-ethyl adjacent to an activating group) is 1. The maximum absolute atomic E-state index is 15.6. The van der Waals surface area contributed by atoms with Gasteiger partial charge in [0.1, 0.15) is 12.2 Å². The van der Waals surface area contributed by atoms with Crippen LogP contribution in [0.15, 0.2) is 70.3 Å². The molecule has 3 N–H and O–H groups in total. The first-order chi connectivity index (χ1) is 17.5. The molecule has 4 rings (SSSR count). The number of H-pyrrole nitrogens is 2. The Labute approximate surface area is 214 Å². The number of hydrogen-bond acceptors (Lipinski definition) is 6. The quantitative estimate of drug-likeness (QED) is 0.319. The molecular formula is C26H31F2N3O5Si. The summed E-state index contributed by atoms with van der Waals surface area (Å²) in [6.07, 6.45) is -4.63. The van der Waals surface area contributed by atoms with Crippen molar-refractivity contribution in [3.05, 3.63) is 93.0 Å². The summed E-state index contributed by atoms with van der Waals surface area (Å²) in [5.74, 6) is -1.35. The molecule has 4 atom stereocenters. The van der Waals surface area contributed by atoms with Gasteiger partial charge in [-0.2, -0.15) is 9.45 Å². The lowest BCUT2D eigenvalue weighted by Gasteiger charge is -2.43. The van der Waals surface area contributed by atoms with Gasteiger partial charge in [0.2, 0.25) is 5.82 Å². The monoisotopic (exact) mass is 531 g/mol. The normalized spacial score (nSPS) is 22.5. The Morgan fingerprint density at radius 1 is 1.03 bits per heavy atom. The zero-order valence-electron chi connectivity index (χ0n) is 21.1. The molecule has 3 aromatic rings. The number of aromatic nitrogens is 2. The second kappa shape index (κ2) is 10.4. The Kier molecular flexibility index (Phi) is 7.63. The summed E-state index contributed by atoms with van der Waals surface area (Å²) in [6, 6.07) is 18.4. The summed E-state index contributed by atoms with van der Waals surface area (Å²) in [4.78, 5) is 27.5. The predicted octanol–water partition coefficient (Wildman–Crippen LogP) is 2.25. The number of hydrogen-bond donors (Lipinski definition) is 3. The van der Waals surface area contributed by atoms with Gasteiger partial charge in [-0.05, 0) is 15.4 Å². The SMILES string of the molecule is CN(O)[C@H]1[C@H](F)[C@H](c2[nH]c(=O)[nH]c(=O)c2F)O[C@@H]1CO[Si](c1ccccc1)(c1ccccc1)C(C)(C)C. The van der Waals surface area contributed by atoms with Crippen LogP contribution in [0.4, 0.5) is 8.78 Å². The highest BCUT2D eigenvalue weighted by Gasteiger charge is 2.54. The Morgan fingerprint density at radius 3 is 2.05 bits per heavy atom. The molecule has 11 heteroatoms. The van der Waals surface area contributed by atoms with Crippen molar-refractivity contribution in [1.29, 1.82) is 0 Å². The first-order valence-electron chi connectivity index (χ1n) is 12.0. The van der Waals surface area contributed by atoms with Crippen molar-refractivity contribution in [2.45, 2.75) is 50.2 Å². The molecule has 0 amide bonds. The van der Waals surface area contributed by atoms with E-state index in [1.54, 1.807) is 4.98 Å². The van der Waals surface area contributed by atoms with Crippen molar-refractivity contribution in [3.63, 3.8) is 0 Å². The zero-order chi connectivity index (χ0) is 27.0. The summed E-state index contributed by atoms with van der Waals surface area (Å²) in [5.41, 5.74) is -2.88. The molecule has 198 valence electrons. The van der Waals surface area contributed by atoms with Crippen LogP contribution in [0.1, 0.15) is 32.6 Å². The summed E-state index contributed by atoms with van der Waals surface area (Å²) in [7, 11) is -1.76. The third-order valence-electron chi connectivity index (χ3n) is 6.83. The van der Waals surface area contributed by atoms with Crippen molar-refractivity contribution in [1.82, 2.24) is 15.0 Å². The van der Waals surface area contributed by atoms with Crippen LogP contribution in [-0.2, 0) is 9.16 Å². The molecule has 37 heavy (non-hydrogen) atoms. The third kappa shape index (κ3) is 4.97. The van der Waals surface area contributed by atoms with Crippen LogP contribution >= 0.6 is 0 Å². The summed E-state index contributed by atoms with van der Waals surface area (Å²) in [6.45, 7) is 6.12. The van der Waals surface area contributed by atoms with E-state index >= 15 is 4.39 Å². The Morgan fingerprint density at radius 2 is 1.57 bits per heavy atom. The molecule has 2 aromatic carbocycles. The van der Waals surface area contributed by atoms with Crippen LogP contribution in [0.5, 0.6) is 0 Å². The fourth-order valence-electron chi connectivity index (χ4n) is 5.19.